The molecule has 2 nitrogen and oxygen atoms in total. The van der Waals surface area contributed by atoms with Crippen molar-refractivity contribution in [1.82, 2.24) is 5.32 Å². The van der Waals surface area contributed by atoms with E-state index < -0.39 is 0 Å². The predicted molar refractivity (Wildman–Crippen MR) is 72.0 cm³/mol. The van der Waals surface area contributed by atoms with Gasteiger partial charge in [-0.1, -0.05) is 52.4 Å². The molecule has 0 amide bonds. The molecule has 0 bridgehead atoms. The molecule has 98 valence electrons. The van der Waals surface area contributed by atoms with Gasteiger partial charge in [0.2, 0.25) is 0 Å². The molecule has 0 aliphatic rings. The van der Waals surface area contributed by atoms with E-state index >= 15 is 0 Å². The Labute approximate surface area is 102 Å². The van der Waals surface area contributed by atoms with Crippen LogP contribution in [0.3, 0.4) is 0 Å². The highest BCUT2D eigenvalue weighted by Crippen LogP contribution is 2.03. The van der Waals surface area contributed by atoms with Crippen LogP contribution in [0.2, 0.25) is 0 Å². The zero-order valence-corrected chi connectivity index (χ0v) is 11.4. The molecule has 0 aromatic heterocycles. The first kappa shape index (κ1) is 15.9. The van der Waals surface area contributed by atoms with E-state index in [1.807, 2.05) is 0 Å². The van der Waals surface area contributed by atoms with Crippen LogP contribution in [0.15, 0.2) is 0 Å². The smallest absolute Gasteiger partial charge is 0.0590 e. The Bertz CT molecular complexity index is 103. The molecule has 0 fully saturated rings. The van der Waals surface area contributed by atoms with Crippen molar-refractivity contribution in [3.05, 3.63) is 0 Å². The van der Waals surface area contributed by atoms with Crippen molar-refractivity contribution in [2.75, 3.05) is 26.3 Å². The van der Waals surface area contributed by atoms with Crippen LogP contribution in [0.25, 0.3) is 0 Å². The zero-order chi connectivity index (χ0) is 11.9. The van der Waals surface area contributed by atoms with Gasteiger partial charge >= 0.3 is 0 Å². The Balaban J connectivity index is 2.83. The SMILES string of the molecule is CCCCCCCCNCCOCCCC. The van der Waals surface area contributed by atoms with Crippen LogP contribution in [0.4, 0.5) is 0 Å². The first-order chi connectivity index (χ1) is 7.91. The number of ether oxygens (including phenoxy) is 1. The van der Waals surface area contributed by atoms with Crippen molar-refractivity contribution in [3.63, 3.8) is 0 Å². The maximum Gasteiger partial charge on any atom is 0.0590 e. The van der Waals surface area contributed by atoms with Gasteiger partial charge in [0.25, 0.3) is 0 Å². The average molecular weight is 229 g/mol. The fourth-order valence-electron chi connectivity index (χ4n) is 1.65. The number of nitrogens with one attached hydrogen (secondary N) is 1. The van der Waals surface area contributed by atoms with E-state index in [1.54, 1.807) is 0 Å². The lowest BCUT2D eigenvalue weighted by atomic mass is 10.1. The molecule has 0 aromatic carbocycles. The van der Waals surface area contributed by atoms with Gasteiger partial charge in [-0.2, -0.15) is 0 Å². The molecule has 0 atom stereocenters. The minimum Gasteiger partial charge on any atom is -0.380 e. The second kappa shape index (κ2) is 14.9. The van der Waals surface area contributed by atoms with E-state index in [-0.39, 0.29) is 0 Å². The molecule has 0 saturated heterocycles. The largest absolute Gasteiger partial charge is 0.380 e. The Morgan fingerprint density at radius 1 is 0.688 bits per heavy atom. The molecular weight excluding hydrogens is 198 g/mol. The van der Waals surface area contributed by atoms with Gasteiger partial charge in [0.1, 0.15) is 0 Å². The van der Waals surface area contributed by atoms with Crippen molar-refractivity contribution in [1.29, 1.82) is 0 Å². The molecule has 0 saturated carbocycles. The van der Waals surface area contributed by atoms with Crippen LogP contribution >= 0.6 is 0 Å². The third kappa shape index (κ3) is 13.9. The first-order valence-electron chi connectivity index (χ1n) is 7.20. The molecule has 0 aliphatic carbocycles. The number of rotatable bonds is 13. The van der Waals surface area contributed by atoms with Gasteiger partial charge in [0.05, 0.1) is 6.61 Å². The highest BCUT2D eigenvalue weighted by atomic mass is 16.5. The van der Waals surface area contributed by atoms with Crippen molar-refractivity contribution in [2.45, 2.75) is 65.2 Å². The van der Waals surface area contributed by atoms with Crippen LogP contribution in [0.5, 0.6) is 0 Å². The summed E-state index contributed by atoms with van der Waals surface area (Å²) in [5, 5.41) is 3.43. The molecule has 1 N–H and O–H groups in total. The summed E-state index contributed by atoms with van der Waals surface area (Å²) in [6, 6.07) is 0. The zero-order valence-electron chi connectivity index (χ0n) is 11.4. The first-order valence-corrected chi connectivity index (χ1v) is 7.20. The van der Waals surface area contributed by atoms with Gasteiger partial charge in [0.15, 0.2) is 0 Å². The Kier molecular flexibility index (Phi) is 14.8. The Morgan fingerprint density at radius 2 is 1.38 bits per heavy atom. The third-order valence-corrected chi connectivity index (χ3v) is 2.77. The molecule has 0 heterocycles. The topological polar surface area (TPSA) is 21.3 Å². The van der Waals surface area contributed by atoms with Crippen LogP contribution in [0.1, 0.15) is 65.2 Å². The van der Waals surface area contributed by atoms with Gasteiger partial charge in [-0.25, -0.2) is 0 Å². The van der Waals surface area contributed by atoms with E-state index in [9.17, 15) is 0 Å². The van der Waals surface area contributed by atoms with Gasteiger partial charge in [-0.3, -0.25) is 0 Å². The third-order valence-electron chi connectivity index (χ3n) is 2.77. The molecule has 0 aliphatic heterocycles. The molecule has 0 rings (SSSR count). The molecule has 0 radical (unpaired) electrons. The van der Waals surface area contributed by atoms with Crippen LogP contribution in [-0.4, -0.2) is 26.3 Å². The van der Waals surface area contributed by atoms with Gasteiger partial charge in [-0.05, 0) is 19.4 Å². The van der Waals surface area contributed by atoms with E-state index in [0.29, 0.717) is 0 Å². The molecule has 2 heteroatoms. The Morgan fingerprint density at radius 3 is 2.12 bits per heavy atom. The lowest BCUT2D eigenvalue weighted by Crippen LogP contribution is -2.21. The number of hydrogen-bond donors (Lipinski definition) is 1. The van der Waals surface area contributed by atoms with E-state index in [1.165, 1.54) is 51.4 Å². The predicted octanol–water partition coefficient (Wildman–Crippen LogP) is 3.75. The van der Waals surface area contributed by atoms with Gasteiger partial charge in [0, 0.05) is 13.2 Å². The molecular formula is C14H31NO. The van der Waals surface area contributed by atoms with Crippen LogP contribution in [0, 0.1) is 0 Å². The van der Waals surface area contributed by atoms with E-state index in [2.05, 4.69) is 19.2 Å². The van der Waals surface area contributed by atoms with Crippen molar-refractivity contribution < 1.29 is 4.74 Å². The summed E-state index contributed by atoms with van der Waals surface area (Å²) in [5.41, 5.74) is 0. The highest BCUT2D eigenvalue weighted by molar-refractivity contribution is 4.49. The lowest BCUT2D eigenvalue weighted by Gasteiger charge is -2.05. The van der Waals surface area contributed by atoms with E-state index in [4.69, 9.17) is 4.74 Å². The quantitative estimate of drug-likeness (QED) is 0.486. The number of hydrogen-bond acceptors (Lipinski definition) is 2. The maximum atomic E-state index is 5.47. The molecule has 0 unspecified atom stereocenters. The molecule has 0 aromatic rings. The highest BCUT2D eigenvalue weighted by Gasteiger charge is 1.91. The van der Waals surface area contributed by atoms with Crippen molar-refractivity contribution in [2.24, 2.45) is 0 Å². The monoisotopic (exact) mass is 229 g/mol. The molecule has 16 heavy (non-hydrogen) atoms. The summed E-state index contributed by atoms with van der Waals surface area (Å²) >= 11 is 0. The maximum absolute atomic E-state index is 5.47. The standard InChI is InChI=1S/C14H31NO/c1-3-5-7-8-9-10-11-15-12-14-16-13-6-4-2/h15H,3-14H2,1-2H3. The summed E-state index contributed by atoms with van der Waals surface area (Å²) in [7, 11) is 0. The summed E-state index contributed by atoms with van der Waals surface area (Å²) < 4.78 is 5.47. The van der Waals surface area contributed by atoms with E-state index in [0.717, 1.165) is 26.3 Å². The summed E-state index contributed by atoms with van der Waals surface area (Å²) in [4.78, 5) is 0. The second-order valence-electron chi connectivity index (χ2n) is 4.48. The number of unbranched alkanes of at least 4 members (excludes halogenated alkanes) is 6. The van der Waals surface area contributed by atoms with Crippen molar-refractivity contribution in [3.8, 4) is 0 Å². The second-order valence-corrected chi connectivity index (χ2v) is 4.48. The lowest BCUT2D eigenvalue weighted by molar-refractivity contribution is 0.133. The minimum atomic E-state index is 0.871. The van der Waals surface area contributed by atoms with Gasteiger partial charge in [-0.15, -0.1) is 0 Å². The summed E-state index contributed by atoms with van der Waals surface area (Å²) in [6.07, 6.45) is 10.7. The fraction of sp³-hybridized carbons (Fsp3) is 1.00. The van der Waals surface area contributed by atoms with Crippen LogP contribution < -0.4 is 5.32 Å². The van der Waals surface area contributed by atoms with Crippen LogP contribution in [-0.2, 0) is 4.74 Å². The van der Waals surface area contributed by atoms with Gasteiger partial charge < -0.3 is 10.1 Å². The van der Waals surface area contributed by atoms with Crippen molar-refractivity contribution >= 4 is 0 Å². The summed E-state index contributed by atoms with van der Waals surface area (Å²) in [6.45, 7) is 8.42. The fourth-order valence-corrected chi connectivity index (χ4v) is 1.65. The minimum absolute atomic E-state index is 0.871. The normalized spacial score (nSPS) is 10.9. The Hall–Kier alpha value is -0.0800. The summed E-state index contributed by atoms with van der Waals surface area (Å²) in [5.74, 6) is 0. The average Bonchev–Trinajstić information content (AvgIpc) is 2.31. The molecule has 0 spiro atoms.